The number of rotatable bonds is 1. The van der Waals surface area contributed by atoms with Crippen molar-refractivity contribution in [1.82, 2.24) is 4.98 Å². The van der Waals surface area contributed by atoms with Crippen molar-refractivity contribution < 1.29 is 13.2 Å². The first kappa shape index (κ1) is 16.3. The molecule has 3 aromatic rings. The zero-order chi connectivity index (χ0) is 17.2. The lowest BCUT2D eigenvalue weighted by Gasteiger charge is -2.05. The Morgan fingerprint density at radius 3 is 2.21 bits per heavy atom. The summed E-state index contributed by atoms with van der Waals surface area (Å²) in [6.45, 7) is 1.87. The second kappa shape index (κ2) is 6.50. The molecule has 0 radical (unpaired) electrons. The highest BCUT2D eigenvalue weighted by molar-refractivity contribution is 7.15. The monoisotopic (exact) mass is 343 g/mol. The number of hydrogen-bond donors (Lipinski definition) is 0. The van der Waals surface area contributed by atoms with Crippen LogP contribution in [0.15, 0.2) is 54.6 Å². The number of aryl methyl sites for hydroxylation is 1. The smallest absolute Gasteiger partial charge is 0.240 e. The number of alkyl halides is 3. The molecule has 0 saturated heterocycles. The van der Waals surface area contributed by atoms with Gasteiger partial charge in [-0.2, -0.15) is 13.2 Å². The molecule has 0 unspecified atom stereocenters. The van der Waals surface area contributed by atoms with Crippen LogP contribution in [-0.2, 0) is 6.18 Å². The molecule has 0 aliphatic heterocycles. The number of thiazole rings is 1. The molecule has 24 heavy (non-hydrogen) atoms. The average molecular weight is 343 g/mol. The molecule has 0 spiro atoms. The first-order valence-electron chi connectivity index (χ1n) is 7.15. The van der Waals surface area contributed by atoms with Gasteiger partial charge < -0.3 is 0 Å². The summed E-state index contributed by atoms with van der Waals surface area (Å²) in [6.07, 6.45) is -4.33. The SMILES string of the molecule is Cc1nc(-c2ccccc2)sc1C#Cc1ccc(C(F)(F)F)cc1. The molecule has 0 amide bonds. The fourth-order valence-corrected chi connectivity index (χ4v) is 3.01. The van der Waals surface area contributed by atoms with E-state index in [2.05, 4.69) is 16.8 Å². The standard InChI is InChI=1S/C19H12F3NS/c1-13-17(24-18(23-13)15-5-3-2-4-6-15)12-9-14-7-10-16(11-8-14)19(20,21)22/h2-8,10-11H,1H3. The van der Waals surface area contributed by atoms with Crippen molar-refractivity contribution in [3.8, 4) is 22.4 Å². The van der Waals surface area contributed by atoms with Crippen molar-refractivity contribution in [3.05, 3.63) is 76.3 Å². The van der Waals surface area contributed by atoms with E-state index < -0.39 is 11.7 Å². The lowest BCUT2D eigenvalue weighted by molar-refractivity contribution is -0.137. The van der Waals surface area contributed by atoms with Crippen LogP contribution in [0.5, 0.6) is 0 Å². The summed E-state index contributed by atoms with van der Waals surface area (Å²) in [7, 11) is 0. The molecule has 0 saturated carbocycles. The number of halogens is 3. The zero-order valence-corrected chi connectivity index (χ0v) is 13.5. The van der Waals surface area contributed by atoms with Gasteiger partial charge in [-0.1, -0.05) is 36.3 Å². The van der Waals surface area contributed by atoms with Gasteiger partial charge >= 0.3 is 6.18 Å². The maximum atomic E-state index is 12.5. The Hall–Kier alpha value is -2.58. The fraction of sp³-hybridized carbons (Fsp3) is 0.105. The van der Waals surface area contributed by atoms with Gasteiger partial charge in [0.25, 0.3) is 0 Å². The molecule has 0 fully saturated rings. The van der Waals surface area contributed by atoms with E-state index in [1.165, 1.54) is 23.5 Å². The van der Waals surface area contributed by atoms with Gasteiger partial charge in [-0.15, -0.1) is 11.3 Å². The minimum Gasteiger partial charge on any atom is -0.240 e. The van der Waals surface area contributed by atoms with Crippen molar-refractivity contribution in [3.63, 3.8) is 0 Å². The van der Waals surface area contributed by atoms with Crippen LogP contribution in [0.4, 0.5) is 13.2 Å². The Morgan fingerprint density at radius 1 is 0.917 bits per heavy atom. The summed E-state index contributed by atoms with van der Waals surface area (Å²) >= 11 is 1.47. The molecule has 2 aromatic carbocycles. The molecular formula is C19H12F3NS. The Balaban J connectivity index is 1.85. The van der Waals surface area contributed by atoms with Crippen LogP contribution < -0.4 is 0 Å². The molecule has 0 atom stereocenters. The number of hydrogen-bond acceptors (Lipinski definition) is 2. The normalized spacial score (nSPS) is 11.0. The third-order valence-electron chi connectivity index (χ3n) is 3.35. The van der Waals surface area contributed by atoms with Crippen molar-refractivity contribution in [1.29, 1.82) is 0 Å². The predicted octanol–water partition coefficient (Wildman–Crippen LogP) is 5.54. The maximum Gasteiger partial charge on any atom is 0.416 e. The highest BCUT2D eigenvalue weighted by Gasteiger charge is 2.29. The molecule has 0 N–H and O–H groups in total. The van der Waals surface area contributed by atoms with Gasteiger partial charge in [-0.05, 0) is 37.1 Å². The van der Waals surface area contributed by atoms with Gasteiger partial charge in [0.2, 0.25) is 0 Å². The summed E-state index contributed by atoms with van der Waals surface area (Å²) in [5, 5.41) is 0.879. The first-order valence-corrected chi connectivity index (χ1v) is 7.97. The molecule has 3 rings (SSSR count). The molecule has 5 heteroatoms. The highest BCUT2D eigenvalue weighted by Crippen LogP contribution is 2.29. The second-order valence-electron chi connectivity index (χ2n) is 5.12. The molecule has 0 aliphatic rings. The average Bonchev–Trinajstić information content (AvgIpc) is 2.94. The van der Waals surface area contributed by atoms with Crippen LogP contribution in [0, 0.1) is 18.8 Å². The van der Waals surface area contributed by atoms with Crippen LogP contribution >= 0.6 is 11.3 Å². The van der Waals surface area contributed by atoms with E-state index in [0.717, 1.165) is 33.3 Å². The summed E-state index contributed by atoms with van der Waals surface area (Å²) in [4.78, 5) is 5.32. The Morgan fingerprint density at radius 2 is 1.58 bits per heavy atom. The van der Waals surface area contributed by atoms with E-state index in [4.69, 9.17) is 0 Å². The van der Waals surface area contributed by atoms with Crippen LogP contribution in [0.3, 0.4) is 0 Å². The van der Waals surface area contributed by atoms with Crippen LogP contribution in [0.1, 0.15) is 21.7 Å². The van der Waals surface area contributed by atoms with E-state index >= 15 is 0 Å². The number of benzene rings is 2. The largest absolute Gasteiger partial charge is 0.416 e. The summed E-state index contributed by atoms with van der Waals surface area (Å²) in [5.41, 5.74) is 1.71. The van der Waals surface area contributed by atoms with E-state index in [9.17, 15) is 13.2 Å². The summed E-state index contributed by atoms with van der Waals surface area (Å²) in [6, 6.07) is 14.6. The molecule has 1 heterocycles. The fourth-order valence-electron chi connectivity index (χ4n) is 2.09. The number of aromatic nitrogens is 1. The van der Waals surface area contributed by atoms with Crippen LogP contribution in [-0.4, -0.2) is 4.98 Å². The van der Waals surface area contributed by atoms with Gasteiger partial charge in [-0.25, -0.2) is 4.98 Å². The van der Waals surface area contributed by atoms with Gasteiger partial charge in [0.15, 0.2) is 0 Å². The third-order valence-corrected chi connectivity index (χ3v) is 4.47. The Kier molecular flexibility index (Phi) is 4.41. The second-order valence-corrected chi connectivity index (χ2v) is 6.12. The van der Waals surface area contributed by atoms with Crippen LogP contribution in [0.2, 0.25) is 0 Å². The maximum absolute atomic E-state index is 12.5. The Bertz CT molecular complexity index is 898. The third kappa shape index (κ3) is 3.66. The van der Waals surface area contributed by atoms with Gasteiger partial charge in [0.1, 0.15) is 9.88 Å². The van der Waals surface area contributed by atoms with Crippen molar-refractivity contribution >= 4 is 11.3 Å². The van der Waals surface area contributed by atoms with Crippen LogP contribution in [0.25, 0.3) is 10.6 Å². The molecular weight excluding hydrogens is 331 g/mol. The summed E-state index contributed by atoms with van der Waals surface area (Å²) in [5.74, 6) is 5.90. The van der Waals surface area contributed by atoms with E-state index in [-0.39, 0.29) is 0 Å². The molecule has 120 valence electrons. The first-order chi connectivity index (χ1) is 11.4. The Labute approximate surface area is 141 Å². The molecule has 0 aliphatic carbocycles. The van der Waals surface area contributed by atoms with E-state index in [1.807, 2.05) is 37.3 Å². The quantitative estimate of drug-likeness (QED) is 0.529. The van der Waals surface area contributed by atoms with Gasteiger partial charge in [0.05, 0.1) is 11.3 Å². The van der Waals surface area contributed by atoms with Crippen molar-refractivity contribution in [2.75, 3.05) is 0 Å². The van der Waals surface area contributed by atoms with Crippen molar-refractivity contribution in [2.24, 2.45) is 0 Å². The molecule has 0 bridgehead atoms. The lowest BCUT2D eigenvalue weighted by atomic mass is 10.1. The van der Waals surface area contributed by atoms with E-state index in [0.29, 0.717) is 5.56 Å². The number of nitrogens with zero attached hydrogens (tertiary/aromatic N) is 1. The van der Waals surface area contributed by atoms with E-state index in [1.54, 1.807) is 0 Å². The predicted molar refractivity (Wildman–Crippen MR) is 89.7 cm³/mol. The molecule has 1 nitrogen and oxygen atoms in total. The summed E-state index contributed by atoms with van der Waals surface area (Å²) < 4.78 is 37.6. The van der Waals surface area contributed by atoms with Crippen molar-refractivity contribution in [2.45, 2.75) is 13.1 Å². The zero-order valence-electron chi connectivity index (χ0n) is 12.7. The minimum absolute atomic E-state index is 0.539. The lowest BCUT2D eigenvalue weighted by Crippen LogP contribution is -2.04. The molecule has 1 aromatic heterocycles. The minimum atomic E-state index is -4.33. The highest BCUT2D eigenvalue weighted by atomic mass is 32.1. The van der Waals surface area contributed by atoms with Gasteiger partial charge in [-0.3, -0.25) is 0 Å². The van der Waals surface area contributed by atoms with Gasteiger partial charge in [0, 0.05) is 11.1 Å². The topological polar surface area (TPSA) is 12.9 Å².